The molecular formula is C14H12F5N3O. The molecule has 0 aliphatic heterocycles. The number of benzene rings is 1. The van der Waals surface area contributed by atoms with Crippen molar-refractivity contribution in [2.24, 2.45) is 7.05 Å². The van der Waals surface area contributed by atoms with Crippen molar-refractivity contribution in [2.45, 2.75) is 19.1 Å². The van der Waals surface area contributed by atoms with E-state index in [1.165, 1.54) is 14.0 Å². The van der Waals surface area contributed by atoms with Crippen LogP contribution in [0.4, 0.5) is 22.0 Å². The molecule has 1 atom stereocenters. The van der Waals surface area contributed by atoms with Crippen LogP contribution in [0, 0.1) is 11.6 Å². The molecule has 2 rings (SSSR count). The molecule has 0 bridgehead atoms. The Hall–Kier alpha value is -2.45. The zero-order valence-corrected chi connectivity index (χ0v) is 12.1. The summed E-state index contributed by atoms with van der Waals surface area (Å²) in [5.74, 6) is -2.75. The summed E-state index contributed by atoms with van der Waals surface area (Å²) in [5.41, 5.74) is -2.05. The van der Waals surface area contributed by atoms with Crippen LogP contribution in [-0.2, 0) is 13.2 Å². The van der Waals surface area contributed by atoms with Gasteiger partial charge in [-0.15, -0.1) is 0 Å². The summed E-state index contributed by atoms with van der Waals surface area (Å²) < 4.78 is 65.9. The molecule has 1 N–H and O–H groups in total. The summed E-state index contributed by atoms with van der Waals surface area (Å²) in [4.78, 5) is 12.0. The lowest BCUT2D eigenvalue weighted by molar-refractivity contribution is -0.141. The van der Waals surface area contributed by atoms with Crippen molar-refractivity contribution in [3.63, 3.8) is 0 Å². The molecule has 2 aromatic rings. The Kier molecular flexibility index (Phi) is 4.39. The van der Waals surface area contributed by atoms with E-state index in [1.54, 1.807) is 0 Å². The number of aromatic nitrogens is 2. The van der Waals surface area contributed by atoms with E-state index in [2.05, 4.69) is 10.4 Å². The average Bonchev–Trinajstić information content (AvgIpc) is 2.80. The van der Waals surface area contributed by atoms with Gasteiger partial charge < -0.3 is 5.32 Å². The van der Waals surface area contributed by atoms with E-state index >= 15 is 0 Å². The first kappa shape index (κ1) is 16.9. The molecular weight excluding hydrogens is 321 g/mol. The maximum Gasteiger partial charge on any atom is 0.435 e. The highest BCUT2D eigenvalue weighted by Gasteiger charge is 2.39. The van der Waals surface area contributed by atoms with Gasteiger partial charge in [0.15, 0.2) is 5.69 Å². The molecule has 23 heavy (non-hydrogen) atoms. The van der Waals surface area contributed by atoms with E-state index in [0.29, 0.717) is 6.07 Å². The minimum Gasteiger partial charge on any atom is -0.345 e. The number of halogens is 5. The van der Waals surface area contributed by atoms with Gasteiger partial charge in [-0.1, -0.05) is 6.07 Å². The number of rotatable bonds is 3. The summed E-state index contributed by atoms with van der Waals surface area (Å²) in [6, 6.07) is 1.78. The van der Waals surface area contributed by atoms with E-state index in [0.717, 1.165) is 23.0 Å². The van der Waals surface area contributed by atoms with Gasteiger partial charge in [0.25, 0.3) is 5.91 Å². The molecule has 1 aromatic heterocycles. The summed E-state index contributed by atoms with van der Waals surface area (Å²) in [7, 11) is 1.25. The summed E-state index contributed by atoms with van der Waals surface area (Å²) in [6.45, 7) is 1.37. The number of carbonyl (C=O) groups is 1. The molecule has 0 spiro atoms. The molecule has 0 fully saturated rings. The van der Waals surface area contributed by atoms with Crippen molar-refractivity contribution in [3.8, 4) is 0 Å². The number of alkyl halides is 3. The molecule has 0 aliphatic rings. The van der Waals surface area contributed by atoms with E-state index in [-0.39, 0.29) is 5.56 Å². The van der Waals surface area contributed by atoms with Crippen LogP contribution in [0.25, 0.3) is 0 Å². The van der Waals surface area contributed by atoms with Crippen LogP contribution in [0.5, 0.6) is 0 Å². The molecule has 9 heteroatoms. The number of nitrogens with zero attached hydrogens (tertiary/aromatic N) is 2. The van der Waals surface area contributed by atoms with Crippen molar-refractivity contribution < 1.29 is 26.7 Å². The van der Waals surface area contributed by atoms with Gasteiger partial charge in [0.05, 0.1) is 11.6 Å². The van der Waals surface area contributed by atoms with Crippen molar-refractivity contribution in [3.05, 3.63) is 52.9 Å². The van der Waals surface area contributed by atoms with Crippen LogP contribution >= 0.6 is 0 Å². The fourth-order valence-corrected chi connectivity index (χ4v) is 2.07. The fraction of sp³-hybridized carbons (Fsp3) is 0.286. The van der Waals surface area contributed by atoms with E-state index < -0.39 is 41.0 Å². The standard InChI is InChI=1S/C14H12F5N3O/c1-7(9-4-3-8(15)5-11(9)16)20-13(23)10-6-22(2)21-12(10)14(17,18)19/h3-7H,1-2H3,(H,20,23). The van der Waals surface area contributed by atoms with Gasteiger partial charge in [0.1, 0.15) is 11.6 Å². The second kappa shape index (κ2) is 5.98. The monoisotopic (exact) mass is 333 g/mol. The van der Waals surface area contributed by atoms with Crippen LogP contribution < -0.4 is 5.32 Å². The Morgan fingerprint density at radius 1 is 1.30 bits per heavy atom. The lowest BCUT2D eigenvalue weighted by Crippen LogP contribution is -2.29. The predicted molar refractivity (Wildman–Crippen MR) is 70.4 cm³/mol. The zero-order valence-electron chi connectivity index (χ0n) is 12.1. The quantitative estimate of drug-likeness (QED) is 0.877. The summed E-state index contributed by atoms with van der Waals surface area (Å²) >= 11 is 0. The topological polar surface area (TPSA) is 46.9 Å². The van der Waals surface area contributed by atoms with Gasteiger partial charge >= 0.3 is 6.18 Å². The van der Waals surface area contributed by atoms with E-state index in [1.807, 2.05) is 0 Å². The first-order valence-electron chi connectivity index (χ1n) is 6.46. The normalized spacial score (nSPS) is 13.0. The number of aryl methyl sites for hydroxylation is 1. The zero-order chi connectivity index (χ0) is 17.4. The highest BCUT2D eigenvalue weighted by molar-refractivity contribution is 5.95. The second-order valence-corrected chi connectivity index (χ2v) is 4.92. The lowest BCUT2D eigenvalue weighted by Gasteiger charge is -2.15. The fourth-order valence-electron chi connectivity index (χ4n) is 2.07. The van der Waals surface area contributed by atoms with Gasteiger partial charge in [0.2, 0.25) is 0 Å². The number of hydrogen-bond acceptors (Lipinski definition) is 2. The van der Waals surface area contributed by atoms with Crippen molar-refractivity contribution in [2.75, 3.05) is 0 Å². The van der Waals surface area contributed by atoms with Gasteiger partial charge in [0, 0.05) is 24.9 Å². The van der Waals surface area contributed by atoms with Gasteiger partial charge in [-0.25, -0.2) is 8.78 Å². The lowest BCUT2D eigenvalue weighted by atomic mass is 10.1. The van der Waals surface area contributed by atoms with Crippen LogP contribution in [0.2, 0.25) is 0 Å². The Labute approximate surface area is 127 Å². The third-order valence-electron chi connectivity index (χ3n) is 3.12. The summed E-state index contributed by atoms with van der Waals surface area (Å²) in [5, 5.41) is 5.46. The number of carbonyl (C=O) groups excluding carboxylic acids is 1. The third kappa shape index (κ3) is 3.66. The van der Waals surface area contributed by atoms with Crippen LogP contribution in [0.1, 0.15) is 34.6 Å². The molecule has 1 amide bonds. The van der Waals surface area contributed by atoms with Gasteiger partial charge in [-0.05, 0) is 13.0 Å². The molecule has 4 nitrogen and oxygen atoms in total. The highest BCUT2D eigenvalue weighted by atomic mass is 19.4. The summed E-state index contributed by atoms with van der Waals surface area (Å²) in [6.07, 6.45) is -3.87. The average molecular weight is 333 g/mol. The Balaban J connectivity index is 2.25. The maximum atomic E-state index is 13.6. The molecule has 0 radical (unpaired) electrons. The minimum absolute atomic E-state index is 0.0443. The molecule has 0 aliphatic carbocycles. The van der Waals surface area contributed by atoms with Crippen LogP contribution in [0.3, 0.4) is 0 Å². The van der Waals surface area contributed by atoms with Crippen LogP contribution in [-0.4, -0.2) is 15.7 Å². The molecule has 0 saturated carbocycles. The van der Waals surface area contributed by atoms with Crippen molar-refractivity contribution in [1.82, 2.24) is 15.1 Å². The maximum absolute atomic E-state index is 13.6. The van der Waals surface area contributed by atoms with Crippen molar-refractivity contribution in [1.29, 1.82) is 0 Å². The Morgan fingerprint density at radius 2 is 1.96 bits per heavy atom. The second-order valence-electron chi connectivity index (χ2n) is 4.92. The van der Waals surface area contributed by atoms with Crippen LogP contribution in [0.15, 0.2) is 24.4 Å². The molecule has 1 unspecified atom stereocenters. The van der Waals surface area contributed by atoms with E-state index in [4.69, 9.17) is 0 Å². The SMILES string of the molecule is CC(NC(=O)c1cn(C)nc1C(F)(F)F)c1ccc(F)cc1F. The van der Waals surface area contributed by atoms with Gasteiger partial charge in [-0.2, -0.15) is 18.3 Å². The molecule has 0 saturated heterocycles. The Bertz CT molecular complexity index is 738. The predicted octanol–water partition coefficient (Wildman–Crippen LogP) is 3.21. The largest absolute Gasteiger partial charge is 0.435 e. The van der Waals surface area contributed by atoms with E-state index in [9.17, 15) is 26.7 Å². The smallest absolute Gasteiger partial charge is 0.345 e. The molecule has 1 aromatic carbocycles. The third-order valence-corrected chi connectivity index (χ3v) is 3.12. The minimum atomic E-state index is -4.79. The molecule has 1 heterocycles. The number of nitrogens with one attached hydrogen (secondary N) is 1. The number of hydrogen-bond donors (Lipinski definition) is 1. The van der Waals surface area contributed by atoms with Crippen molar-refractivity contribution >= 4 is 5.91 Å². The Morgan fingerprint density at radius 3 is 2.52 bits per heavy atom. The first-order chi connectivity index (χ1) is 10.6. The highest BCUT2D eigenvalue weighted by Crippen LogP contribution is 2.30. The number of amides is 1. The first-order valence-corrected chi connectivity index (χ1v) is 6.46. The van der Waals surface area contributed by atoms with Gasteiger partial charge in [-0.3, -0.25) is 9.48 Å². The molecule has 124 valence electrons.